The van der Waals surface area contributed by atoms with Crippen LogP contribution in [0.5, 0.6) is 0 Å². The second-order valence-corrected chi connectivity index (χ2v) is 5.51. The Morgan fingerprint density at radius 1 is 1.14 bits per heavy atom. The molecule has 2 aromatic carbocycles. The number of fused-ring (bicyclic) bond motifs is 3. The number of rotatable bonds is 3. The van der Waals surface area contributed by atoms with Crippen molar-refractivity contribution in [3.05, 3.63) is 65.7 Å². The average molecular weight is 293 g/mol. The zero-order valence-corrected chi connectivity index (χ0v) is 12.2. The summed E-state index contributed by atoms with van der Waals surface area (Å²) >= 11 is 0. The number of ether oxygens (including phenoxy) is 1. The van der Waals surface area contributed by atoms with Gasteiger partial charge in [-0.2, -0.15) is 0 Å². The van der Waals surface area contributed by atoms with E-state index >= 15 is 0 Å². The number of carbonyl (C=O) groups is 2. The number of hydrogen-bond acceptors (Lipinski definition) is 4. The third-order valence-electron chi connectivity index (χ3n) is 4.43. The molecule has 0 bridgehead atoms. The lowest BCUT2D eigenvalue weighted by molar-refractivity contribution is -0.144. The summed E-state index contributed by atoms with van der Waals surface area (Å²) in [5.41, 5.74) is 1.20. The second kappa shape index (κ2) is 4.44. The van der Waals surface area contributed by atoms with Crippen molar-refractivity contribution in [2.45, 2.75) is 18.5 Å². The molecule has 0 spiro atoms. The van der Waals surface area contributed by atoms with E-state index in [4.69, 9.17) is 4.74 Å². The summed E-state index contributed by atoms with van der Waals surface area (Å²) in [4.78, 5) is 27.4. The first-order valence-corrected chi connectivity index (χ1v) is 7.38. The van der Waals surface area contributed by atoms with Crippen molar-refractivity contribution >= 4 is 17.4 Å². The number of para-hydroxylation sites is 1. The molecule has 0 aromatic heterocycles. The zero-order valence-electron chi connectivity index (χ0n) is 12.2. The highest BCUT2D eigenvalue weighted by molar-refractivity contribution is 6.28. The molecule has 1 aliphatic heterocycles. The van der Waals surface area contributed by atoms with Crippen LogP contribution in [0.4, 0.5) is 5.69 Å². The summed E-state index contributed by atoms with van der Waals surface area (Å²) in [6, 6.07) is 16.7. The minimum Gasteiger partial charge on any atom is -0.464 e. The first-order valence-electron chi connectivity index (χ1n) is 7.38. The lowest BCUT2D eigenvalue weighted by Crippen LogP contribution is -2.38. The number of hydrogen-bond donors (Lipinski definition) is 0. The van der Waals surface area contributed by atoms with Crippen LogP contribution in [0.2, 0.25) is 0 Å². The van der Waals surface area contributed by atoms with E-state index in [-0.39, 0.29) is 18.4 Å². The molecule has 0 unspecified atom stereocenters. The fraction of sp³-hybridized carbons (Fsp3) is 0.222. The van der Waals surface area contributed by atoms with E-state index in [0.29, 0.717) is 5.56 Å². The summed E-state index contributed by atoms with van der Waals surface area (Å²) in [6.07, 6.45) is 0. The van der Waals surface area contributed by atoms with Crippen LogP contribution >= 0.6 is 0 Å². The maximum Gasteiger partial charge on any atom is 0.342 e. The van der Waals surface area contributed by atoms with Crippen molar-refractivity contribution in [2.75, 3.05) is 11.5 Å². The lowest BCUT2D eigenvalue weighted by Gasteiger charge is -2.16. The van der Waals surface area contributed by atoms with Crippen molar-refractivity contribution < 1.29 is 14.3 Å². The molecule has 1 fully saturated rings. The Morgan fingerprint density at radius 2 is 1.82 bits per heavy atom. The van der Waals surface area contributed by atoms with Gasteiger partial charge >= 0.3 is 5.97 Å². The monoisotopic (exact) mass is 293 g/mol. The molecule has 0 amide bonds. The summed E-state index contributed by atoms with van der Waals surface area (Å²) in [5, 5.41) is 0. The van der Waals surface area contributed by atoms with E-state index < -0.39 is 11.5 Å². The van der Waals surface area contributed by atoms with Crippen LogP contribution in [0.3, 0.4) is 0 Å². The zero-order chi connectivity index (χ0) is 15.3. The summed E-state index contributed by atoms with van der Waals surface area (Å²) in [6.45, 7) is 2.02. The number of anilines is 1. The molecule has 1 heterocycles. The van der Waals surface area contributed by atoms with Crippen molar-refractivity contribution in [1.82, 2.24) is 0 Å². The number of carbonyl (C=O) groups excluding carboxylic acids is 2. The summed E-state index contributed by atoms with van der Waals surface area (Å²) in [7, 11) is 0. The predicted molar refractivity (Wildman–Crippen MR) is 81.8 cm³/mol. The molecule has 110 valence electrons. The van der Waals surface area contributed by atoms with Gasteiger partial charge in [0.1, 0.15) is 0 Å². The van der Waals surface area contributed by atoms with E-state index in [9.17, 15) is 9.59 Å². The molecule has 2 aliphatic rings. The first kappa shape index (κ1) is 13.1. The number of benzene rings is 2. The van der Waals surface area contributed by atoms with E-state index in [1.165, 1.54) is 0 Å². The summed E-state index contributed by atoms with van der Waals surface area (Å²) < 4.78 is 5.22. The van der Waals surface area contributed by atoms with Crippen molar-refractivity contribution in [3.8, 4) is 0 Å². The molecule has 2 aromatic rings. The van der Waals surface area contributed by atoms with E-state index in [0.717, 1.165) is 11.3 Å². The fourth-order valence-electron chi connectivity index (χ4n) is 3.52. The average Bonchev–Trinajstić information content (AvgIpc) is 3.19. The highest BCUT2D eigenvalue weighted by atomic mass is 16.5. The molecule has 2 atom stereocenters. The van der Waals surface area contributed by atoms with Crippen LogP contribution in [0, 0.1) is 0 Å². The molecule has 4 nitrogen and oxygen atoms in total. The van der Waals surface area contributed by atoms with Gasteiger partial charge in [0.2, 0.25) is 11.3 Å². The minimum atomic E-state index is -1.21. The fourth-order valence-corrected chi connectivity index (χ4v) is 3.52. The van der Waals surface area contributed by atoms with Gasteiger partial charge in [-0.3, -0.25) is 4.79 Å². The normalized spacial score (nSPS) is 24.7. The van der Waals surface area contributed by atoms with Gasteiger partial charge in [-0.1, -0.05) is 42.5 Å². The second-order valence-electron chi connectivity index (χ2n) is 5.51. The number of esters is 1. The van der Waals surface area contributed by atoms with E-state index in [2.05, 4.69) is 0 Å². The molecule has 4 rings (SSSR count). The maximum absolute atomic E-state index is 12.9. The largest absolute Gasteiger partial charge is 0.464 e. The van der Waals surface area contributed by atoms with Crippen molar-refractivity contribution in [1.29, 1.82) is 0 Å². The van der Waals surface area contributed by atoms with Crippen LogP contribution in [0.15, 0.2) is 54.6 Å². The molecule has 0 N–H and O–H groups in total. The number of ketones is 1. The van der Waals surface area contributed by atoms with Gasteiger partial charge in [-0.15, -0.1) is 0 Å². The summed E-state index contributed by atoms with van der Waals surface area (Å²) in [5.74, 6) is -0.611. The van der Waals surface area contributed by atoms with Crippen LogP contribution in [0.25, 0.3) is 0 Å². The van der Waals surface area contributed by atoms with Crippen LogP contribution in [-0.2, 0) is 9.53 Å². The van der Waals surface area contributed by atoms with Gasteiger partial charge in [0, 0.05) is 11.3 Å². The van der Waals surface area contributed by atoms with Gasteiger partial charge in [-0.25, -0.2) is 4.79 Å². The van der Waals surface area contributed by atoms with Gasteiger partial charge in [0.15, 0.2) is 0 Å². The Kier molecular flexibility index (Phi) is 2.64. The molecule has 0 radical (unpaired) electrons. The minimum absolute atomic E-state index is 0.157. The Balaban J connectivity index is 1.86. The molecular formula is C18H15NO3. The van der Waals surface area contributed by atoms with Gasteiger partial charge in [0.05, 0.1) is 12.6 Å². The maximum atomic E-state index is 12.9. The first-order chi connectivity index (χ1) is 10.7. The number of nitrogens with zero attached hydrogens (tertiary/aromatic N) is 1. The standard InChI is InChI=1S/C18H15NO3/c1-2-22-17(21)18-15(19(18)12-8-4-3-5-9-12)13-10-6-7-11-14(13)16(18)20/h3-11,15H,2H2,1H3/t15-,18-,19?/m1/s1. The Hall–Kier alpha value is -2.62. The molecular weight excluding hydrogens is 278 g/mol. The highest BCUT2D eigenvalue weighted by Crippen LogP contribution is 2.63. The van der Waals surface area contributed by atoms with Crippen molar-refractivity contribution in [3.63, 3.8) is 0 Å². The van der Waals surface area contributed by atoms with E-state index in [1.807, 2.05) is 53.4 Å². The molecule has 1 aliphatic carbocycles. The van der Waals surface area contributed by atoms with Gasteiger partial charge < -0.3 is 9.64 Å². The molecule has 1 saturated heterocycles. The topological polar surface area (TPSA) is 46.4 Å². The SMILES string of the molecule is CCOC(=O)[C@]12C(=O)c3ccccc3[C@H]1N2c1ccccc1. The molecule has 4 heteroatoms. The Labute approximate surface area is 128 Å². The third kappa shape index (κ3) is 1.42. The number of Topliss-reactive ketones (excluding diaryl/α,β-unsaturated/α-hetero) is 1. The Morgan fingerprint density at radius 3 is 2.55 bits per heavy atom. The predicted octanol–water partition coefficient (Wildman–Crippen LogP) is 2.75. The quantitative estimate of drug-likeness (QED) is 0.496. The molecule has 0 saturated carbocycles. The smallest absolute Gasteiger partial charge is 0.342 e. The van der Waals surface area contributed by atoms with Crippen LogP contribution < -0.4 is 4.90 Å². The van der Waals surface area contributed by atoms with Gasteiger partial charge in [0.25, 0.3) is 0 Å². The van der Waals surface area contributed by atoms with Crippen LogP contribution in [-0.4, -0.2) is 23.9 Å². The van der Waals surface area contributed by atoms with Crippen LogP contribution in [0.1, 0.15) is 28.9 Å². The lowest BCUT2D eigenvalue weighted by atomic mass is 10.0. The highest BCUT2D eigenvalue weighted by Gasteiger charge is 2.78. The third-order valence-corrected chi connectivity index (χ3v) is 4.43. The van der Waals surface area contributed by atoms with Crippen molar-refractivity contribution in [2.24, 2.45) is 0 Å². The van der Waals surface area contributed by atoms with E-state index in [1.54, 1.807) is 13.0 Å². The molecule has 22 heavy (non-hydrogen) atoms. The van der Waals surface area contributed by atoms with Gasteiger partial charge in [-0.05, 0) is 24.6 Å². The Bertz CT molecular complexity index is 765.